The molecule has 234 valence electrons. The largest absolute Gasteiger partial charge is 0.456 e. The fourth-order valence-corrected chi connectivity index (χ4v) is 6.80. The van der Waals surface area contributed by atoms with Gasteiger partial charge in [0.15, 0.2) is 23.1 Å². The van der Waals surface area contributed by atoms with Crippen molar-refractivity contribution in [3.63, 3.8) is 0 Å². The van der Waals surface area contributed by atoms with Crippen molar-refractivity contribution in [1.29, 1.82) is 0 Å². The van der Waals surface area contributed by atoms with Crippen LogP contribution in [0.3, 0.4) is 0 Å². The summed E-state index contributed by atoms with van der Waals surface area (Å²) < 4.78 is 12.5. The lowest BCUT2D eigenvalue weighted by molar-refractivity contribution is 0.622. The van der Waals surface area contributed by atoms with Crippen LogP contribution in [-0.2, 0) is 0 Å². The Balaban J connectivity index is 1.06. The number of fused-ring (bicyclic) bond motifs is 6. The van der Waals surface area contributed by atoms with Crippen molar-refractivity contribution in [2.45, 2.75) is 0 Å². The molecule has 0 saturated carbocycles. The van der Waals surface area contributed by atoms with Crippen LogP contribution in [0.15, 0.2) is 167 Å². The van der Waals surface area contributed by atoms with Gasteiger partial charge in [0.25, 0.3) is 0 Å². The second-order valence-electron chi connectivity index (χ2n) is 12.2. The summed E-state index contributed by atoms with van der Waals surface area (Å²) in [6.07, 6.45) is 0. The van der Waals surface area contributed by atoms with Gasteiger partial charge in [-0.25, -0.2) is 19.9 Å². The summed E-state index contributed by atoms with van der Waals surface area (Å²) in [5, 5.41) is 4.14. The predicted molar refractivity (Wildman–Crippen MR) is 199 cm³/mol. The first kappa shape index (κ1) is 28.1. The van der Waals surface area contributed by atoms with E-state index in [9.17, 15) is 0 Å². The Morgan fingerprint density at radius 2 is 0.920 bits per heavy atom. The summed E-state index contributed by atoms with van der Waals surface area (Å²) in [6, 6.07) is 53.1. The molecule has 0 bridgehead atoms. The lowest BCUT2D eigenvalue weighted by Gasteiger charge is -2.12. The van der Waals surface area contributed by atoms with E-state index in [0.717, 1.165) is 77.2 Å². The molecule has 0 saturated heterocycles. The first-order chi connectivity index (χ1) is 24.8. The Labute approximate surface area is 286 Å². The number of nitrogens with zero attached hydrogens (tertiary/aromatic N) is 4. The average Bonchev–Trinajstić information content (AvgIpc) is 3.80. The zero-order chi connectivity index (χ0) is 33.0. The molecule has 50 heavy (non-hydrogen) atoms. The molecule has 3 heterocycles. The number of para-hydroxylation sites is 1. The minimum Gasteiger partial charge on any atom is -0.456 e. The molecular formula is C44H26N4O2. The normalized spacial score (nSPS) is 11.6. The van der Waals surface area contributed by atoms with Gasteiger partial charge >= 0.3 is 0 Å². The first-order valence-electron chi connectivity index (χ1n) is 16.5. The molecule has 0 unspecified atom stereocenters. The molecule has 6 heteroatoms. The maximum Gasteiger partial charge on any atom is 0.227 e. The number of oxazole rings is 1. The molecule has 7 aromatic carbocycles. The highest BCUT2D eigenvalue weighted by atomic mass is 16.4. The number of furan rings is 1. The zero-order valence-electron chi connectivity index (χ0n) is 26.6. The van der Waals surface area contributed by atoms with Crippen LogP contribution >= 0.6 is 0 Å². The van der Waals surface area contributed by atoms with Crippen LogP contribution in [0.5, 0.6) is 0 Å². The summed E-state index contributed by atoms with van der Waals surface area (Å²) in [6.45, 7) is 0. The van der Waals surface area contributed by atoms with Crippen LogP contribution in [0, 0.1) is 0 Å². The number of benzene rings is 7. The van der Waals surface area contributed by atoms with Gasteiger partial charge in [0.05, 0.1) is 5.39 Å². The van der Waals surface area contributed by atoms with Gasteiger partial charge in [-0.1, -0.05) is 127 Å². The summed E-state index contributed by atoms with van der Waals surface area (Å²) >= 11 is 0. The maximum atomic E-state index is 6.41. The van der Waals surface area contributed by atoms with Crippen molar-refractivity contribution in [2.24, 2.45) is 0 Å². The summed E-state index contributed by atoms with van der Waals surface area (Å²) in [4.78, 5) is 19.7. The monoisotopic (exact) mass is 642 g/mol. The number of hydrogen-bond acceptors (Lipinski definition) is 6. The van der Waals surface area contributed by atoms with Gasteiger partial charge in [-0.05, 0) is 52.2 Å². The van der Waals surface area contributed by atoms with Gasteiger partial charge in [0.2, 0.25) is 5.89 Å². The summed E-state index contributed by atoms with van der Waals surface area (Å²) in [5.74, 6) is 2.48. The second-order valence-corrected chi connectivity index (χ2v) is 12.2. The Morgan fingerprint density at radius 1 is 0.340 bits per heavy atom. The molecule has 0 fully saturated rings. The molecule has 0 aliphatic heterocycles. The molecule has 6 nitrogen and oxygen atoms in total. The Morgan fingerprint density at radius 3 is 1.64 bits per heavy atom. The summed E-state index contributed by atoms with van der Waals surface area (Å²) in [5.41, 5.74) is 9.08. The molecule has 0 N–H and O–H groups in total. The third kappa shape index (κ3) is 4.65. The van der Waals surface area contributed by atoms with Gasteiger partial charge < -0.3 is 8.83 Å². The Kier molecular flexibility index (Phi) is 6.39. The third-order valence-electron chi connectivity index (χ3n) is 9.20. The van der Waals surface area contributed by atoms with E-state index in [2.05, 4.69) is 66.7 Å². The van der Waals surface area contributed by atoms with E-state index in [1.807, 2.05) is 91.0 Å². The molecule has 3 aromatic heterocycles. The molecule has 0 amide bonds. The van der Waals surface area contributed by atoms with Crippen LogP contribution < -0.4 is 0 Å². The molecular weight excluding hydrogens is 617 g/mol. The quantitative estimate of drug-likeness (QED) is 0.186. The van der Waals surface area contributed by atoms with Gasteiger partial charge in [-0.2, -0.15) is 0 Å². The Bertz CT molecular complexity index is 2800. The second kappa shape index (κ2) is 11.4. The van der Waals surface area contributed by atoms with Crippen LogP contribution in [0.2, 0.25) is 0 Å². The molecule has 0 spiro atoms. The minimum atomic E-state index is 0.572. The highest BCUT2D eigenvalue weighted by Crippen LogP contribution is 2.38. The molecule has 0 radical (unpaired) electrons. The molecule has 0 aliphatic rings. The minimum absolute atomic E-state index is 0.572. The van der Waals surface area contributed by atoms with Gasteiger partial charge in [0, 0.05) is 27.6 Å². The van der Waals surface area contributed by atoms with Crippen molar-refractivity contribution in [2.75, 3.05) is 0 Å². The highest BCUT2D eigenvalue weighted by Gasteiger charge is 2.18. The number of aromatic nitrogens is 4. The van der Waals surface area contributed by atoms with Gasteiger partial charge in [-0.15, -0.1) is 0 Å². The van der Waals surface area contributed by atoms with Crippen LogP contribution in [0.25, 0.3) is 101 Å². The predicted octanol–water partition coefficient (Wildman–Crippen LogP) is 11.4. The van der Waals surface area contributed by atoms with E-state index in [-0.39, 0.29) is 0 Å². The fraction of sp³-hybridized carbons (Fsp3) is 0. The van der Waals surface area contributed by atoms with Crippen molar-refractivity contribution in [3.05, 3.63) is 158 Å². The first-order valence-corrected chi connectivity index (χ1v) is 16.5. The molecule has 10 rings (SSSR count). The Hall–Kier alpha value is -6.92. The van der Waals surface area contributed by atoms with Crippen molar-refractivity contribution >= 4 is 43.8 Å². The van der Waals surface area contributed by atoms with Gasteiger partial charge in [0.1, 0.15) is 16.7 Å². The number of rotatable bonds is 5. The summed E-state index contributed by atoms with van der Waals surface area (Å²) in [7, 11) is 0. The molecule has 10 aromatic rings. The third-order valence-corrected chi connectivity index (χ3v) is 9.20. The van der Waals surface area contributed by atoms with E-state index < -0.39 is 0 Å². The lowest BCUT2D eigenvalue weighted by atomic mass is 9.95. The standard InChI is InChI=1S/C44H26N4O2/c1-3-11-28(12-4-1)41-46-42(29-13-5-2-6-14-29)48-43(47-41)34-19-10-17-32-31(16-9-18-33(32)34)27-21-23-30(24-22-27)44-45-36-25-26-38-39(40(36)50-44)35-15-7-8-20-37(35)49-38/h1-26H. The van der Waals surface area contributed by atoms with Crippen molar-refractivity contribution < 1.29 is 8.83 Å². The highest BCUT2D eigenvalue weighted by molar-refractivity contribution is 6.16. The lowest BCUT2D eigenvalue weighted by Crippen LogP contribution is -2.00. The number of hydrogen-bond donors (Lipinski definition) is 0. The average molecular weight is 643 g/mol. The van der Waals surface area contributed by atoms with E-state index in [1.165, 1.54) is 0 Å². The smallest absolute Gasteiger partial charge is 0.227 e. The van der Waals surface area contributed by atoms with E-state index in [4.69, 9.17) is 28.8 Å². The van der Waals surface area contributed by atoms with Crippen LogP contribution in [0.1, 0.15) is 0 Å². The van der Waals surface area contributed by atoms with Crippen molar-refractivity contribution in [3.8, 4) is 56.7 Å². The van der Waals surface area contributed by atoms with E-state index in [1.54, 1.807) is 0 Å². The van der Waals surface area contributed by atoms with Crippen LogP contribution in [-0.4, -0.2) is 19.9 Å². The van der Waals surface area contributed by atoms with E-state index >= 15 is 0 Å². The zero-order valence-corrected chi connectivity index (χ0v) is 26.6. The van der Waals surface area contributed by atoms with Crippen molar-refractivity contribution in [1.82, 2.24) is 19.9 Å². The van der Waals surface area contributed by atoms with Crippen LogP contribution in [0.4, 0.5) is 0 Å². The molecule has 0 atom stereocenters. The topological polar surface area (TPSA) is 77.8 Å². The maximum absolute atomic E-state index is 6.41. The SMILES string of the molecule is c1ccc(-c2nc(-c3ccccc3)nc(-c3cccc4c(-c5ccc(-c6nc7ccc8oc9ccccc9c8c7o6)cc5)cccc34)n2)cc1. The molecule has 0 aliphatic carbocycles. The fourth-order valence-electron chi connectivity index (χ4n) is 6.80. The van der Waals surface area contributed by atoms with Gasteiger partial charge in [-0.3, -0.25) is 0 Å². The van der Waals surface area contributed by atoms with E-state index in [0.29, 0.717) is 23.4 Å².